The second-order valence-electron chi connectivity index (χ2n) is 5.39. The molecule has 0 saturated heterocycles. The Balaban J connectivity index is 1.81. The maximum absolute atomic E-state index is 4.26. The summed E-state index contributed by atoms with van der Waals surface area (Å²) in [6, 6.07) is 0. The molecule has 1 N–H and O–H groups in total. The number of rotatable bonds is 5. The zero-order chi connectivity index (χ0) is 13.0. The molecule has 1 unspecified atom stereocenters. The predicted octanol–water partition coefficient (Wildman–Crippen LogP) is 3.14. The van der Waals surface area contributed by atoms with Crippen LogP contribution in [-0.4, -0.2) is 28.5 Å². The molecule has 0 aliphatic heterocycles. The second kappa shape index (κ2) is 6.01. The number of imidazole rings is 1. The molecule has 1 aliphatic rings. The Morgan fingerprint density at radius 3 is 2.94 bits per heavy atom. The van der Waals surface area contributed by atoms with Gasteiger partial charge in [-0.05, 0) is 39.2 Å². The average molecular weight is 245 g/mol. The molecule has 1 aromatic heterocycles. The number of aromatic nitrogens is 2. The maximum atomic E-state index is 4.26. The third kappa shape index (κ3) is 3.57. The van der Waals surface area contributed by atoms with Gasteiger partial charge in [0, 0.05) is 18.9 Å². The molecule has 1 aromatic rings. The molecule has 1 atom stereocenters. The van der Waals surface area contributed by atoms with E-state index in [1.807, 2.05) is 6.20 Å². The Labute approximate surface area is 110 Å². The van der Waals surface area contributed by atoms with Gasteiger partial charge in [0.15, 0.2) is 0 Å². The molecule has 3 nitrogen and oxygen atoms in total. The van der Waals surface area contributed by atoms with Gasteiger partial charge in [-0.3, -0.25) is 4.90 Å². The first-order valence-electron chi connectivity index (χ1n) is 6.65. The van der Waals surface area contributed by atoms with E-state index in [0.717, 1.165) is 18.9 Å². The van der Waals surface area contributed by atoms with Gasteiger partial charge in [-0.15, -0.1) is 0 Å². The molecule has 1 heterocycles. The highest BCUT2D eigenvalue weighted by Crippen LogP contribution is 2.28. The second-order valence-corrected chi connectivity index (χ2v) is 5.39. The van der Waals surface area contributed by atoms with Crippen LogP contribution < -0.4 is 0 Å². The van der Waals surface area contributed by atoms with Crippen LogP contribution in [0.2, 0.25) is 0 Å². The highest BCUT2D eigenvalue weighted by Gasteiger charge is 2.15. The van der Waals surface area contributed by atoms with Crippen LogP contribution in [0.15, 0.2) is 36.2 Å². The average Bonchev–Trinajstić information content (AvgIpc) is 2.82. The Kier molecular flexibility index (Phi) is 4.37. The third-order valence-corrected chi connectivity index (χ3v) is 3.65. The first-order valence-corrected chi connectivity index (χ1v) is 6.65. The van der Waals surface area contributed by atoms with E-state index in [0.29, 0.717) is 5.92 Å². The standard InChI is InChI=1S/C15H23N3/c1-12(2)14-6-4-13(5-7-14)10-18(3)11-15-16-8-9-17-15/h4,8-9,14H,1,5-7,10-11H2,2-3H3,(H,16,17). The number of aromatic amines is 1. The number of nitrogens with one attached hydrogen (secondary N) is 1. The zero-order valence-corrected chi connectivity index (χ0v) is 11.4. The van der Waals surface area contributed by atoms with Crippen molar-refractivity contribution in [3.63, 3.8) is 0 Å². The summed E-state index contributed by atoms with van der Waals surface area (Å²) >= 11 is 0. The SMILES string of the molecule is C=C(C)C1CC=C(CN(C)Cc2ncc[nH]2)CC1. The van der Waals surface area contributed by atoms with Gasteiger partial charge in [0.25, 0.3) is 0 Å². The maximum Gasteiger partial charge on any atom is 0.120 e. The van der Waals surface area contributed by atoms with Crippen LogP contribution in [0, 0.1) is 5.92 Å². The van der Waals surface area contributed by atoms with E-state index >= 15 is 0 Å². The summed E-state index contributed by atoms with van der Waals surface area (Å²) in [6.45, 7) is 8.14. The fourth-order valence-electron chi connectivity index (χ4n) is 2.52. The normalized spacial score (nSPS) is 19.9. The minimum atomic E-state index is 0.698. The van der Waals surface area contributed by atoms with Crippen LogP contribution in [0.5, 0.6) is 0 Å². The summed E-state index contributed by atoms with van der Waals surface area (Å²) in [5.41, 5.74) is 2.88. The number of hydrogen-bond acceptors (Lipinski definition) is 2. The molecular formula is C15H23N3. The van der Waals surface area contributed by atoms with Crippen molar-refractivity contribution < 1.29 is 0 Å². The lowest BCUT2D eigenvalue weighted by Crippen LogP contribution is -2.23. The van der Waals surface area contributed by atoms with Gasteiger partial charge in [0.2, 0.25) is 0 Å². The van der Waals surface area contributed by atoms with E-state index in [-0.39, 0.29) is 0 Å². The molecule has 0 bridgehead atoms. The van der Waals surface area contributed by atoms with Crippen molar-refractivity contribution in [1.82, 2.24) is 14.9 Å². The molecule has 0 spiro atoms. The summed E-state index contributed by atoms with van der Waals surface area (Å²) in [7, 11) is 2.15. The van der Waals surface area contributed by atoms with E-state index in [1.165, 1.54) is 24.8 Å². The van der Waals surface area contributed by atoms with Crippen molar-refractivity contribution in [3.8, 4) is 0 Å². The van der Waals surface area contributed by atoms with E-state index in [1.54, 1.807) is 11.8 Å². The number of H-pyrrole nitrogens is 1. The van der Waals surface area contributed by atoms with Gasteiger partial charge in [-0.25, -0.2) is 4.98 Å². The van der Waals surface area contributed by atoms with Gasteiger partial charge in [-0.1, -0.05) is 23.8 Å². The summed E-state index contributed by atoms with van der Waals surface area (Å²) in [6.07, 6.45) is 9.72. The number of likely N-dealkylation sites (N-methyl/N-ethyl adjacent to an activating group) is 1. The van der Waals surface area contributed by atoms with Crippen LogP contribution in [0.1, 0.15) is 32.0 Å². The number of nitrogens with zero attached hydrogens (tertiary/aromatic N) is 2. The molecule has 0 saturated carbocycles. The van der Waals surface area contributed by atoms with Crippen LogP contribution >= 0.6 is 0 Å². The van der Waals surface area contributed by atoms with E-state index < -0.39 is 0 Å². The van der Waals surface area contributed by atoms with Crippen LogP contribution in [0.3, 0.4) is 0 Å². The first kappa shape index (κ1) is 13.1. The van der Waals surface area contributed by atoms with Crippen LogP contribution in [-0.2, 0) is 6.54 Å². The molecule has 1 aliphatic carbocycles. The van der Waals surface area contributed by atoms with Crippen molar-refractivity contribution in [1.29, 1.82) is 0 Å². The van der Waals surface area contributed by atoms with Crippen molar-refractivity contribution in [2.75, 3.05) is 13.6 Å². The molecule has 0 amide bonds. The lowest BCUT2D eigenvalue weighted by atomic mass is 9.85. The number of hydrogen-bond donors (Lipinski definition) is 1. The molecule has 0 radical (unpaired) electrons. The zero-order valence-electron chi connectivity index (χ0n) is 11.4. The monoisotopic (exact) mass is 245 g/mol. The highest BCUT2D eigenvalue weighted by atomic mass is 15.1. The Morgan fingerprint density at radius 2 is 2.39 bits per heavy atom. The topological polar surface area (TPSA) is 31.9 Å². The smallest absolute Gasteiger partial charge is 0.120 e. The van der Waals surface area contributed by atoms with Gasteiger partial charge in [0.05, 0.1) is 6.54 Å². The Morgan fingerprint density at radius 1 is 1.56 bits per heavy atom. The van der Waals surface area contributed by atoms with Gasteiger partial charge < -0.3 is 4.98 Å². The molecular weight excluding hydrogens is 222 g/mol. The van der Waals surface area contributed by atoms with Crippen LogP contribution in [0.25, 0.3) is 0 Å². The van der Waals surface area contributed by atoms with Crippen molar-refractivity contribution >= 4 is 0 Å². The molecule has 2 rings (SSSR count). The number of allylic oxidation sites excluding steroid dienone is 2. The molecule has 0 aromatic carbocycles. The lowest BCUT2D eigenvalue weighted by Gasteiger charge is -2.25. The minimum Gasteiger partial charge on any atom is -0.348 e. The molecule has 98 valence electrons. The minimum absolute atomic E-state index is 0.698. The molecule has 3 heteroatoms. The summed E-state index contributed by atoms with van der Waals surface area (Å²) in [4.78, 5) is 9.71. The first-order chi connectivity index (χ1) is 8.65. The van der Waals surface area contributed by atoms with Gasteiger partial charge in [0.1, 0.15) is 5.82 Å². The molecule has 18 heavy (non-hydrogen) atoms. The van der Waals surface area contributed by atoms with Gasteiger partial charge >= 0.3 is 0 Å². The Hall–Kier alpha value is -1.35. The van der Waals surface area contributed by atoms with Crippen molar-refractivity contribution in [2.45, 2.75) is 32.7 Å². The fourth-order valence-corrected chi connectivity index (χ4v) is 2.52. The molecule has 0 fully saturated rings. The predicted molar refractivity (Wildman–Crippen MR) is 75.2 cm³/mol. The van der Waals surface area contributed by atoms with Crippen molar-refractivity contribution in [2.24, 2.45) is 5.92 Å². The fraction of sp³-hybridized carbons (Fsp3) is 0.533. The van der Waals surface area contributed by atoms with Crippen LogP contribution in [0.4, 0.5) is 0 Å². The Bertz CT molecular complexity index is 417. The van der Waals surface area contributed by atoms with E-state index in [2.05, 4.69) is 41.5 Å². The summed E-state index contributed by atoms with van der Waals surface area (Å²) in [5.74, 6) is 1.73. The largest absolute Gasteiger partial charge is 0.348 e. The third-order valence-electron chi connectivity index (χ3n) is 3.65. The summed E-state index contributed by atoms with van der Waals surface area (Å²) < 4.78 is 0. The summed E-state index contributed by atoms with van der Waals surface area (Å²) in [5, 5.41) is 0. The quantitative estimate of drug-likeness (QED) is 0.808. The van der Waals surface area contributed by atoms with E-state index in [9.17, 15) is 0 Å². The highest BCUT2D eigenvalue weighted by molar-refractivity contribution is 5.13. The lowest BCUT2D eigenvalue weighted by molar-refractivity contribution is 0.337. The van der Waals surface area contributed by atoms with Gasteiger partial charge in [-0.2, -0.15) is 0 Å². The van der Waals surface area contributed by atoms with E-state index in [4.69, 9.17) is 0 Å². The van der Waals surface area contributed by atoms with Crippen molar-refractivity contribution in [3.05, 3.63) is 42.0 Å².